The molecule has 3 heterocycles. The number of rotatable bonds is 6. The Kier molecular flexibility index (Phi) is 6.07. The van der Waals surface area contributed by atoms with E-state index in [-0.39, 0.29) is 5.91 Å². The number of likely N-dealkylation sites (tertiary alicyclic amines) is 1. The van der Waals surface area contributed by atoms with Gasteiger partial charge in [-0.2, -0.15) is 5.10 Å². The van der Waals surface area contributed by atoms with E-state index in [1.807, 2.05) is 31.4 Å². The molecule has 1 fully saturated rings. The molecule has 0 aliphatic carbocycles. The van der Waals surface area contributed by atoms with Crippen molar-refractivity contribution in [3.63, 3.8) is 0 Å². The van der Waals surface area contributed by atoms with E-state index < -0.39 is 0 Å². The highest BCUT2D eigenvalue weighted by molar-refractivity contribution is 5.93. The predicted octanol–water partition coefficient (Wildman–Crippen LogP) is 3.64. The molecule has 1 aliphatic heterocycles. The average Bonchev–Trinajstić information content (AvgIpc) is 3.00. The molecule has 1 aliphatic rings. The first-order chi connectivity index (χ1) is 12.5. The molecular weight excluding hydrogens is 324 g/mol. The largest absolute Gasteiger partial charge is 0.334 e. The van der Waals surface area contributed by atoms with Crippen molar-refractivity contribution in [1.82, 2.24) is 19.7 Å². The van der Waals surface area contributed by atoms with Crippen molar-refractivity contribution in [1.29, 1.82) is 0 Å². The van der Waals surface area contributed by atoms with E-state index in [4.69, 9.17) is 0 Å². The second-order valence-corrected chi connectivity index (χ2v) is 7.75. The number of amides is 1. The SMILES string of the molecule is CC(C)Cc1cc(C(=O)N2CCCC[C@H]2CCc2ccccn2)n(C)n1. The van der Waals surface area contributed by atoms with Gasteiger partial charge < -0.3 is 4.90 Å². The van der Waals surface area contributed by atoms with Crippen LogP contribution >= 0.6 is 0 Å². The quantitative estimate of drug-likeness (QED) is 0.796. The third-order valence-electron chi connectivity index (χ3n) is 5.11. The molecule has 1 amide bonds. The molecule has 2 aromatic rings. The maximum Gasteiger partial charge on any atom is 0.272 e. The van der Waals surface area contributed by atoms with Crippen LogP contribution in [0.1, 0.15) is 61.4 Å². The van der Waals surface area contributed by atoms with Crippen LogP contribution in [0.3, 0.4) is 0 Å². The van der Waals surface area contributed by atoms with E-state index in [9.17, 15) is 4.79 Å². The maximum absolute atomic E-state index is 13.2. The van der Waals surface area contributed by atoms with Gasteiger partial charge in [0.2, 0.25) is 0 Å². The van der Waals surface area contributed by atoms with Gasteiger partial charge in [-0.05, 0) is 62.6 Å². The summed E-state index contributed by atoms with van der Waals surface area (Å²) < 4.78 is 1.75. The van der Waals surface area contributed by atoms with Crippen molar-refractivity contribution in [3.8, 4) is 0 Å². The zero-order chi connectivity index (χ0) is 18.5. The number of carbonyl (C=O) groups excluding carboxylic acids is 1. The minimum absolute atomic E-state index is 0.126. The zero-order valence-electron chi connectivity index (χ0n) is 16.2. The number of aromatic nitrogens is 3. The zero-order valence-corrected chi connectivity index (χ0v) is 16.2. The van der Waals surface area contributed by atoms with Crippen LogP contribution in [0.15, 0.2) is 30.5 Å². The van der Waals surface area contributed by atoms with Crippen molar-refractivity contribution < 1.29 is 4.79 Å². The standard InChI is InChI=1S/C21H30N4O/c1-16(2)14-18-15-20(24(3)23-18)21(26)25-13-7-5-9-19(25)11-10-17-8-4-6-12-22-17/h4,6,8,12,15-16,19H,5,7,9-11,13-14H2,1-3H3/t19-/m0/s1. The highest BCUT2D eigenvalue weighted by Crippen LogP contribution is 2.23. The first-order valence-corrected chi connectivity index (χ1v) is 9.78. The molecule has 1 atom stereocenters. The fourth-order valence-electron chi connectivity index (χ4n) is 3.82. The number of carbonyl (C=O) groups is 1. The Labute approximate surface area is 156 Å². The molecule has 0 bridgehead atoms. The minimum atomic E-state index is 0.126. The van der Waals surface area contributed by atoms with Crippen LogP contribution in [-0.2, 0) is 19.9 Å². The lowest BCUT2D eigenvalue weighted by Gasteiger charge is -2.35. The van der Waals surface area contributed by atoms with Crippen LogP contribution in [0, 0.1) is 5.92 Å². The lowest BCUT2D eigenvalue weighted by Crippen LogP contribution is -2.44. The molecule has 0 radical (unpaired) electrons. The molecule has 2 aromatic heterocycles. The second kappa shape index (κ2) is 8.47. The van der Waals surface area contributed by atoms with Crippen LogP contribution in [0.25, 0.3) is 0 Å². The molecule has 1 saturated heterocycles. The second-order valence-electron chi connectivity index (χ2n) is 7.75. The predicted molar refractivity (Wildman–Crippen MR) is 103 cm³/mol. The summed E-state index contributed by atoms with van der Waals surface area (Å²) in [5, 5.41) is 4.54. The Morgan fingerprint density at radius 3 is 2.85 bits per heavy atom. The van der Waals surface area contributed by atoms with E-state index in [0.717, 1.165) is 50.0 Å². The summed E-state index contributed by atoms with van der Waals surface area (Å²) >= 11 is 0. The number of hydrogen-bond donors (Lipinski definition) is 0. The molecule has 3 rings (SSSR count). The summed E-state index contributed by atoms with van der Waals surface area (Å²) in [6, 6.07) is 8.30. The van der Waals surface area contributed by atoms with E-state index in [1.54, 1.807) is 4.68 Å². The molecule has 0 unspecified atom stereocenters. The lowest BCUT2D eigenvalue weighted by atomic mass is 9.96. The van der Waals surface area contributed by atoms with Gasteiger partial charge in [0.25, 0.3) is 5.91 Å². The Hall–Kier alpha value is -2.17. The van der Waals surface area contributed by atoms with E-state index in [2.05, 4.69) is 34.9 Å². The summed E-state index contributed by atoms with van der Waals surface area (Å²) in [7, 11) is 1.88. The van der Waals surface area contributed by atoms with Gasteiger partial charge in [0.1, 0.15) is 5.69 Å². The van der Waals surface area contributed by atoms with Crippen molar-refractivity contribution in [2.75, 3.05) is 6.54 Å². The number of aryl methyl sites for hydroxylation is 2. The van der Waals surface area contributed by atoms with Crippen LogP contribution < -0.4 is 0 Å². The van der Waals surface area contributed by atoms with Crippen LogP contribution in [0.5, 0.6) is 0 Å². The van der Waals surface area contributed by atoms with Crippen molar-refractivity contribution in [2.45, 2.75) is 58.4 Å². The first kappa shape index (κ1) is 18.6. The van der Waals surface area contributed by atoms with Gasteiger partial charge in [0, 0.05) is 31.5 Å². The molecule has 5 nitrogen and oxygen atoms in total. The highest BCUT2D eigenvalue weighted by Gasteiger charge is 2.29. The van der Waals surface area contributed by atoms with Crippen molar-refractivity contribution >= 4 is 5.91 Å². The van der Waals surface area contributed by atoms with Crippen molar-refractivity contribution in [3.05, 3.63) is 47.5 Å². The van der Waals surface area contributed by atoms with Gasteiger partial charge in [0.15, 0.2) is 0 Å². The average molecular weight is 354 g/mol. The monoisotopic (exact) mass is 354 g/mol. The summed E-state index contributed by atoms with van der Waals surface area (Å²) in [6.45, 7) is 5.19. The molecule has 0 spiro atoms. The lowest BCUT2D eigenvalue weighted by molar-refractivity contribution is 0.0590. The smallest absolute Gasteiger partial charge is 0.272 e. The molecular formula is C21H30N4O. The Balaban J connectivity index is 1.70. The fourth-order valence-corrected chi connectivity index (χ4v) is 3.82. The van der Waals surface area contributed by atoms with Crippen LogP contribution in [-0.4, -0.2) is 38.2 Å². The summed E-state index contributed by atoms with van der Waals surface area (Å²) in [5.74, 6) is 0.662. The summed E-state index contributed by atoms with van der Waals surface area (Å²) in [5.41, 5.74) is 2.82. The first-order valence-electron chi connectivity index (χ1n) is 9.78. The molecule has 140 valence electrons. The molecule has 0 N–H and O–H groups in total. The van der Waals surface area contributed by atoms with Crippen LogP contribution in [0.2, 0.25) is 0 Å². The van der Waals surface area contributed by atoms with Gasteiger partial charge in [0.05, 0.1) is 5.69 Å². The number of pyridine rings is 1. The third-order valence-corrected chi connectivity index (χ3v) is 5.11. The van der Waals surface area contributed by atoms with Gasteiger partial charge in [-0.1, -0.05) is 19.9 Å². The number of nitrogens with zero attached hydrogens (tertiary/aromatic N) is 4. The number of piperidine rings is 1. The molecule has 5 heteroatoms. The van der Waals surface area contributed by atoms with E-state index in [0.29, 0.717) is 17.7 Å². The van der Waals surface area contributed by atoms with Gasteiger partial charge in [-0.25, -0.2) is 0 Å². The Morgan fingerprint density at radius 2 is 2.12 bits per heavy atom. The topological polar surface area (TPSA) is 51.0 Å². The highest BCUT2D eigenvalue weighted by atomic mass is 16.2. The van der Waals surface area contributed by atoms with E-state index in [1.165, 1.54) is 6.42 Å². The Bertz CT molecular complexity index is 723. The third kappa shape index (κ3) is 4.51. The van der Waals surface area contributed by atoms with E-state index >= 15 is 0 Å². The summed E-state index contributed by atoms with van der Waals surface area (Å²) in [6.07, 6.45) is 7.99. The van der Waals surface area contributed by atoms with Gasteiger partial charge in [-0.15, -0.1) is 0 Å². The molecule has 0 aromatic carbocycles. The summed E-state index contributed by atoms with van der Waals surface area (Å²) in [4.78, 5) is 19.7. The minimum Gasteiger partial charge on any atom is -0.334 e. The molecule has 26 heavy (non-hydrogen) atoms. The van der Waals surface area contributed by atoms with Gasteiger partial charge >= 0.3 is 0 Å². The normalized spacial score (nSPS) is 17.7. The van der Waals surface area contributed by atoms with Gasteiger partial charge in [-0.3, -0.25) is 14.5 Å². The maximum atomic E-state index is 13.2. The van der Waals surface area contributed by atoms with Crippen LogP contribution in [0.4, 0.5) is 0 Å². The fraction of sp³-hybridized carbons (Fsp3) is 0.571. The Morgan fingerprint density at radius 1 is 1.27 bits per heavy atom. The molecule has 0 saturated carbocycles. The number of hydrogen-bond acceptors (Lipinski definition) is 3. The van der Waals surface area contributed by atoms with Crippen molar-refractivity contribution in [2.24, 2.45) is 13.0 Å².